The largest absolute Gasteiger partial charge is 0.300 e. The molecule has 0 saturated carbocycles. The van der Waals surface area contributed by atoms with Crippen molar-refractivity contribution in [3.05, 3.63) is 196 Å². The molecule has 2 fully saturated rings. The Morgan fingerprint density at radius 3 is 2.07 bits per heavy atom. The highest BCUT2D eigenvalue weighted by Crippen LogP contribution is 2.82. The Morgan fingerprint density at radius 2 is 1.43 bits per heavy atom. The third kappa shape index (κ3) is 9.81. The molecule has 2 saturated heterocycles. The fourth-order valence-corrected chi connectivity index (χ4v) is 9.32. The van der Waals surface area contributed by atoms with Crippen LogP contribution in [0.2, 0.25) is 0 Å². The highest BCUT2D eigenvalue weighted by molar-refractivity contribution is 8.46. The summed E-state index contributed by atoms with van der Waals surface area (Å²) in [7, 11) is 0.250. The zero-order valence-corrected chi connectivity index (χ0v) is 33.9. The maximum Gasteiger partial charge on any atom is 0.0748 e. The summed E-state index contributed by atoms with van der Waals surface area (Å²) in [4.78, 5) is 18.6. The van der Waals surface area contributed by atoms with Gasteiger partial charge >= 0.3 is 0 Å². The average Bonchev–Trinajstić information content (AvgIpc) is 4.12. The van der Waals surface area contributed by atoms with Crippen LogP contribution < -0.4 is 0 Å². The molecular weight excluding hydrogens is 703 g/mol. The molecule has 5 aromatic carbocycles. The SMILES string of the molecule is C=N/C(=C(/C)C(=NCc1ccc(C(=N)c2ccccc2N=Cc2cccc(-c3cccnc3)c2)cc1)c1ccccc1)c1ccccc1C.CC.CS12CC1C2. The van der Waals surface area contributed by atoms with Crippen LogP contribution in [-0.2, 0) is 6.54 Å². The van der Waals surface area contributed by atoms with Crippen molar-refractivity contribution in [2.24, 2.45) is 15.0 Å². The van der Waals surface area contributed by atoms with Gasteiger partial charge in [-0.25, -0.2) is 10.0 Å². The van der Waals surface area contributed by atoms with Crippen LogP contribution in [0.4, 0.5) is 5.69 Å². The van der Waals surface area contributed by atoms with Gasteiger partial charge < -0.3 is 0 Å². The van der Waals surface area contributed by atoms with Crippen LogP contribution in [0, 0.1) is 12.3 Å². The van der Waals surface area contributed by atoms with E-state index in [1.807, 2.05) is 129 Å². The zero-order valence-electron chi connectivity index (χ0n) is 33.1. The molecule has 6 aromatic rings. The van der Waals surface area contributed by atoms with Crippen LogP contribution >= 0.6 is 10.0 Å². The van der Waals surface area contributed by atoms with Gasteiger partial charge in [0.2, 0.25) is 0 Å². The second-order valence-electron chi connectivity index (χ2n) is 14.0. The summed E-state index contributed by atoms with van der Waals surface area (Å²) in [6.07, 6.45) is 7.93. The first-order chi connectivity index (χ1) is 27.3. The molecule has 0 spiro atoms. The van der Waals surface area contributed by atoms with E-state index in [9.17, 15) is 0 Å². The van der Waals surface area contributed by atoms with Crippen LogP contribution in [0.15, 0.2) is 172 Å². The van der Waals surface area contributed by atoms with Crippen molar-refractivity contribution in [2.45, 2.75) is 39.5 Å². The number of aliphatic imine (C=N–C) groups is 3. The number of nitrogens with zero attached hydrogens (tertiary/aromatic N) is 4. The Hall–Kier alpha value is -5.98. The van der Waals surface area contributed by atoms with E-state index in [1.54, 1.807) is 17.7 Å². The lowest BCUT2D eigenvalue weighted by molar-refractivity contribution is 1.06. The van der Waals surface area contributed by atoms with Gasteiger partial charge in [0.05, 0.1) is 29.4 Å². The first-order valence-corrected chi connectivity index (χ1v) is 21.7. The molecule has 0 aliphatic carbocycles. The lowest BCUT2D eigenvalue weighted by Gasteiger charge is -2.14. The lowest BCUT2D eigenvalue weighted by Crippen LogP contribution is -2.07. The van der Waals surface area contributed by atoms with Crippen molar-refractivity contribution < 1.29 is 0 Å². The van der Waals surface area contributed by atoms with Gasteiger partial charge in [-0.05, 0) is 78.8 Å². The van der Waals surface area contributed by atoms with E-state index in [4.69, 9.17) is 15.4 Å². The van der Waals surface area contributed by atoms with E-state index in [0.717, 1.165) is 72.7 Å². The van der Waals surface area contributed by atoms with Crippen LogP contribution in [0.5, 0.6) is 0 Å². The minimum Gasteiger partial charge on any atom is -0.300 e. The number of aromatic nitrogens is 1. The molecule has 0 atom stereocenters. The van der Waals surface area contributed by atoms with Crippen LogP contribution in [0.1, 0.15) is 59.7 Å². The Labute approximate surface area is 334 Å². The van der Waals surface area contributed by atoms with Gasteiger partial charge in [-0.15, -0.1) is 0 Å². The smallest absolute Gasteiger partial charge is 0.0748 e. The highest BCUT2D eigenvalue weighted by Gasteiger charge is 2.61. The van der Waals surface area contributed by atoms with E-state index in [2.05, 4.69) is 73.2 Å². The normalized spacial score (nSPS) is 18.1. The number of fused-ring (bicyclic) bond motifs is 1. The number of hydrogen-bond acceptors (Lipinski definition) is 5. The summed E-state index contributed by atoms with van der Waals surface area (Å²) in [5.74, 6) is 3.26. The van der Waals surface area contributed by atoms with Gasteiger partial charge in [-0.3, -0.25) is 25.4 Å². The molecule has 0 radical (unpaired) electrons. The molecule has 3 heterocycles. The van der Waals surface area contributed by atoms with Crippen molar-refractivity contribution in [1.82, 2.24) is 4.98 Å². The Bertz CT molecular complexity index is 2370. The molecule has 2 aliphatic rings. The van der Waals surface area contributed by atoms with E-state index in [1.165, 1.54) is 5.25 Å². The molecule has 0 amide bonds. The van der Waals surface area contributed by atoms with Crippen LogP contribution in [0.3, 0.4) is 0 Å². The fraction of sp³-hybridized carbons (Fsp3) is 0.180. The predicted molar refractivity (Wildman–Crippen MR) is 244 cm³/mol. The quantitative estimate of drug-likeness (QED) is 0.104. The number of allylic oxidation sites excluding steroid dienone is 1. The Kier molecular flexibility index (Phi) is 13.2. The minimum atomic E-state index is 0.250. The van der Waals surface area contributed by atoms with E-state index >= 15 is 0 Å². The molecule has 282 valence electrons. The Balaban J connectivity index is 0.000000684. The molecule has 5 nitrogen and oxygen atoms in total. The number of para-hydroxylation sites is 1. The molecule has 2 aliphatic heterocycles. The summed E-state index contributed by atoms with van der Waals surface area (Å²) in [5, 5.41) is 10.4. The van der Waals surface area contributed by atoms with Crippen molar-refractivity contribution in [3.63, 3.8) is 0 Å². The zero-order chi connectivity index (χ0) is 39.5. The summed E-state index contributed by atoms with van der Waals surface area (Å²) < 4.78 is 0. The summed E-state index contributed by atoms with van der Waals surface area (Å²) in [5.41, 5.74) is 12.7. The predicted octanol–water partition coefficient (Wildman–Crippen LogP) is 12.2. The van der Waals surface area contributed by atoms with Crippen molar-refractivity contribution >= 4 is 45.8 Å². The van der Waals surface area contributed by atoms with Crippen molar-refractivity contribution in [2.75, 3.05) is 17.8 Å². The van der Waals surface area contributed by atoms with Crippen molar-refractivity contribution in [3.8, 4) is 11.1 Å². The maximum atomic E-state index is 9.09. The molecule has 6 heteroatoms. The lowest BCUT2D eigenvalue weighted by atomic mass is 9.96. The molecule has 0 bridgehead atoms. The second kappa shape index (κ2) is 18.6. The first-order valence-electron chi connectivity index (χ1n) is 19.2. The monoisotopic (exact) mass is 753 g/mol. The standard InChI is InChI=1S/C44H37N5.C4H8S.C2H6/c1-31-13-7-8-19-39(31)44(46-3)32(2)43(36-15-5-4-6-16-36)49-28-33-22-24-35(25-23-33)42(45)40-20-9-10-21-41(40)48-29-34-14-11-17-37(27-34)38-18-12-26-47-30-38;1-5-2-4(5)3-5;1-2/h4-27,29-30,45H,3,28H2,1-2H3;4H,2-3H2,1H3;1-2H3/b44-32-,45-42?,48-29?,49-43?;;. The number of pyridine rings is 1. The van der Waals surface area contributed by atoms with Crippen LogP contribution in [0.25, 0.3) is 16.8 Å². The van der Waals surface area contributed by atoms with E-state index in [0.29, 0.717) is 12.3 Å². The number of nitrogens with one attached hydrogen (secondary N) is 1. The number of rotatable bonds is 11. The van der Waals surface area contributed by atoms with Gasteiger partial charge in [-0.2, -0.15) is 0 Å². The summed E-state index contributed by atoms with van der Waals surface area (Å²) >= 11 is 0. The molecule has 0 unspecified atom stereocenters. The molecule has 1 N–H and O–H groups in total. The number of hydrogen-bond donors (Lipinski definition) is 1. The van der Waals surface area contributed by atoms with Gasteiger partial charge in [-0.1, -0.05) is 135 Å². The first kappa shape index (κ1) is 39.7. The van der Waals surface area contributed by atoms with Gasteiger partial charge in [0.15, 0.2) is 0 Å². The molecule has 1 aromatic heterocycles. The van der Waals surface area contributed by atoms with Gasteiger partial charge in [0.25, 0.3) is 0 Å². The summed E-state index contributed by atoms with van der Waals surface area (Å²) in [6.45, 7) is 12.5. The molecular formula is C50H51N5S. The number of aryl methyl sites for hydroxylation is 1. The van der Waals surface area contributed by atoms with Crippen LogP contribution in [-0.4, -0.2) is 52.4 Å². The summed E-state index contributed by atoms with van der Waals surface area (Å²) in [6, 6.07) is 46.4. The third-order valence-corrected chi connectivity index (χ3v) is 13.5. The van der Waals surface area contributed by atoms with E-state index in [-0.39, 0.29) is 10.0 Å². The van der Waals surface area contributed by atoms with E-state index < -0.39 is 0 Å². The van der Waals surface area contributed by atoms with Crippen molar-refractivity contribution in [1.29, 1.82) is 5.41 Å². The molecule has 8 rings (SSSR count). The van der Waals surface area contributed by atoms with Gasteiger partial charge in [0, 0.05) is 57.2 Å². The second-order valence-corrected chi connectivity index (χ2v) is 18.0. The maximum absolute atomic E-state index is 9.09. The number of benzene rings is 5. The highest BCUT2D eigenvalue weighted by atomic mass is 32.3. The topological polar surface area (TPSA) is 73.8 Å². The fourth-order valence-electron chi connectivity index (χ4n) is 6.48. The van der Waals surface area contributed by atoms with Gasteiger partial charge in [0.1, 0.15) is 0 Å². The third-order valence-electron chi connectivity index (χ3n) is 10.1. The molecule has 56 heavy (non-hydrogen) atoms. The minimum absolute atomic E-state index is 0.250. The average molecular weight is 754 g/mol. The Morgan fingerprint density at radius 1 is 0.786 bits per heavy atom.